The van der Waals surface area contributed by atoms with Crippen LogP contribution in [-0.2, 0) is 19.1 Å². The molecule has 74 valence electrons. The van der Waals surface area contributed by atoms with Gasteiger partial charge in [-0.05, 0) is 0 Å². The second-order valence-corrected chi connectivity index (χ2v) is 1.75. The molecule has 12 heavy (non-hydrogen) atoms. The molecule has 0 unspecified atom stereocenters. The van der Waals surface area contributed by atoms with Crippen LogP contribution in [0.3, 0.4) is 0 Å². The number of hydrogen-bond acceptors (Lipinski definition) is 4. The van der Waals surface area contributed by atoms with Crippen molar-refractivity contribution in [2.24, 2.45) is 0 Å². The van der Waals surface area contributed by atoms with Crippen LogP contribution in [0, 0.1) is 0 Å². The van der Waals surface area contributed by atoms with Crippen LogP contribution in [0.5, 0.6) is 0 Å². The monoisotopic (exact) mass is 178 g/mol. The molecule has 0 aromatic heterocycles. The highest BCUT2D eigenvalue weighted by Crippen LogP contribution is 1.79. The lowest BCUT2D eigenvalue weighted by molar-refractivity contribution is -0.146. The summed E-state index contributed by atoms with van der Waals surface area (Å²) in [6.45, 7) is 1.05. The normalized spacial score (nSPS) is 7.50. The van der Waals surface area contributed by atoms with Crippen LogP contribution in [-0.4, -0.2) is 32.1 Å². The maximum atomic E-state index is 10.5. The number of methoxy groups -OCH3 is 1. The molecule has 4 heteroatoms. The highest BCUT2D eigenvalue weighted by atomic mass is 16.5. The Hall–Kier alpha value is -0.900. The summed E-state index contributed by atoms with van der Waals surface area (Å²) in [5, 5.41) is 0. The van der Waals surface area contributed by atoms with E-state index < -0.39 is 5.97 Å². The van der Waals surface area contributed by atoms with Crippen LogP contribution >= 0.6 is 0 Å². The summed E-state index contributed by atoms with van der Waals surface area (Å²) in [6, 6.07) is 0. The number of carbonyl (C=O) groups is 2. The van der Waals surface area contributed by atoms with Gasteiger partial charge >= 0.3 is 5.97 Å². The van der Waals surface area contributed by atoms with Gasteiger partial charge in [0.25, 0.3) is 0 Å². The first-order chi connectivity index (χ1) is 4.66. The number of carbonyl (C=O) groups excluding carboxylic acids is 2. The summed E-state index contributed by atoms with van der Waals surface area (Å²) in [5.74, 6) is -0.692. The Labute approximate surface area is 73.9 Å². The molecule has 4 nitrogen and oxygen atoms in total. The fourth-order valence-corrected chi connectivity index (χ4v) is 0.385. The number of ketones is 1. The Morgan fingerprint density at radius 2 is 1.67 bits per heavy atom. The van der Waals surface area contributed by atoms with Crippen LogP contribution in [0.25, 0.3) is 0 Å². The van der Waals surface area contributed by atoms with Crippen molar-refractivity contribution in [2.75, 3.05) is 20.3 Å². The van der Waals surface area contributed by atoms with Crippen LogP contribution in [0.15, 0.2) is 0 Å². The summed E-state index contributed by atoms with van der Waals surface area (Å²) in [6.07, 6.45) is 0. The van der Waals surface area contributed by atoms with E-state index in [2.05, 4.69) is 9.47 Å². The molecule has 0 N–H and O–H groups in total. The molecule has 0 amide bonds. The number of Topliss-reactive ketones (excluding diaryl/α,β-unsaturated/α-hetero) is 1. The first kappa shape index (κ1) is 17.3. The van der Waals surface area contributed by atoms with E-state index in [4.69, 9.17) is 0 Å². The number of hydrogen-bond donors (Lipinski definition) is 0. The van der Waals surface area contributed by atoms with E-state index in [1.807, 2.05) is 0 Å². The summed E-state index contributed by atoms with van der Waals surface area (Å²) < 4.78 is 8.88. The van der Waals surface area contributed by atoms with Crippen LogP contribution in [0.2, 0.25) is 0 Å². The second-order valence-electron chi connectivity index (χ2n) is 1.75. The van der Waals surface area contributed by atoms with Crippen molar-refractivity contribution < 1.29 is 19.1 Å². The van der Waals surface area contributed by atoms with Gasteiger partial charge in [0, 0.05) is 14.0 Å². The maximum Gasteiger partial charge on any atom is 0.303 e. The maximum absolute atomic E-state index is 10.5. The Morgan fingerprint density at radius 3 is 2.00 bits per heavy atom. The van der Waals surface area contributed by atoms with Crippen molar-refractivity contribution in [3.8, 4) is 0 Å². The van der Waals surface area contributed by atoms with E-state index >= 15 is 0 Å². The third kappa shape index (κ3) is 11.8. The van der Waals surface area contributed by atoms with E-state index in [9.17, 15) is 9.59 Å². The topological polar surface area (TPSA) is 52.6 Å². The van der Waals surface area contributed by atoms with Crippen molar-refractivity contribution in [3.05, 3.63) is 0 Å². The third-order valence-corrected chi connectivity index (χ3v) is 0.742. The van der Waals surface area contributed by atoms with Crippen LogP contribution in [0.1, 0.15) is 21.8 Å². The molecule has 0 bridgehead atoms. The fourth-order valence-electron chi connectivity index (χ4n) is 0.385. The van der Waals surface area contributed by atoms with Gasteiger partial charge in [0.2, 0.25) is 0 Å². The van der Waals surface area contributed by atoms with Gasteiger partial charge in [-0.1, -0.05) is 14.9 Å². The van der Waals surface area contributed by atoms with Crippen LogP contribution in [0.4, 0.5) is 0 Å². The molecular formula is C8H18O4. The summed E-state index contributed by atoms with van der Waals surface area (Å²) >= 11 is 0. The first-order valence-electron chi connectivity index (χ1n) is 2.81. The van der Waals surface area contributed by atoms with E-state index in [0.717, 1.165) is 0 Å². The van der Waals surface area contributed by atoms with E-state index in [1.54, 1.807) is 0 Å². The summed E-state index contributed by atoms with van der Waals surface area (Å²) in [4.78, 5) is 20.7. The van der Waals surface area contributed by atoms with Gasteiger partial charge in [0.15, 0.2) is 12.4 Å². The zero-order valence-electron chi connectivity index (χ0n) is 6.05. The van der Waals surface area contributed by atoms with Gasteiger partial charge in [-0.15, -0.1) is 0 Å². The Balaban J connectivity index is -0.000000405. The molecule has 0 saturated heterocycles. The molecule has 0 rings (SSSR count). The fraction of sp³-hybridized carbons (Fsp3) is 0.750. The molecule has 0 spiro atoms. The average molecular weight is 178 g/mol. The predicted molar refractivity (Wildman–Crippen MR) is 47.0 cm³/mol. The molecule has 0 heterocycles. The van der Waals surface area contributed by atoms with Gasteiger partial charge in [0.1, 0.15) is 6.61 Å². The molecule has 0 aromatic carbocycles. The summed E-state index contributed by atoms with van der Waals surface area (Å²) in [7, 11) is 1.41. The molecule has 0 radical (unpaired) electrons. The lowest BCUT2D eigenvalue weighted by atomic mass is 10.4. The zero-order chi connectivity index (χ0) is 7.98. The van der Waals surface area contributed by atoms with Crippen LogP contribution < -0.4 is 0 Å². The minimum absolute atomic E-state index is 0. The number of ether oxygens (including phenoxy) is 2. The first-order valence-corrected chi connectivity index (χ1v) is 2.81. The highest BCUT2D eigenvalue weighted by molar-refractivity contribution is 5.82. The molecule has 0 aliphatic carbocycles. The van der Waals surface area contributed by atoms with Gasteiger partial charge < -0.3 is 9.47 Å². The van der Waals surface area contributed by atoms with E-state index in [0.29, 0.717) is 0 Å². The van der Waals surface area contributed by atoms with Crippen molar-refractivity contribution in [3.63, 3.8) is 0 Å². The van der Waals surface area contributed by atoms with Crippen molar-refractivity contribution in [2.45, 2.75) is 21.8 Å². The minimum Gasteiger partial charge on any atom is -0.458 e. The number of rotatable bonds is 4. The second kappa shape index (κ2) is 10.1. The lowest BCUT2D eigenvalue weighted by Gasteiger charge is -1.98. The lowest BCUT2D eigenvalue weighted by Crippen LogP contribution is -2.15. The Morgan fingerprint density at radius 1 is 1.17 bits per heavy atom. The molecule has 0 aliphatic heterocycles. The van der Waals surface area contributed by atoms with E-state index in [-0.39, 0.29) is 33.9 Å². The van der Waals surface area contributed by atoms with Crippen molar-refractivity contribution in [1.82, 2.24) is 0 Å². The Bertz CT molecular complexity index is 131. The molecule has 0 atom stereocenters. The van der Waals surface area contributed by atoms with E-state index in [1.165, 1.54) is 14.0 Å². The molecule has 0 aliphatic rings. The third-order valence-electron chi connectivity index (χ3n) is 0.742. The zero-order valence-corrected chi connectivity index (χ0v) is 6.05. The smallest absolute Gasteiger partial charge is 0.303 e. The largest absolute Gasteiger partial charge is 0.458 e. The van der Waals surface area contributed by atoms with Gasteiger partial charge in [-0.25, -0.2) is 0 Å². The quantitative estimate of drug-likeness (QED) is 0.603. The minimum atomic E-state index is -0.454. The number of esters is 1. The highest BCUT2D eigenvalue weighted by Gasteiger charge is 2.01. The predicted octanol–water partition coefficient (Wildman–Crippen LogP) is 1.04. The SMILES string of the molecule is C.C.COCC(=O)COC(C)=O. The standard InChI is InChI=1S/C6H10O4.2CH4/c1-5(7)10-4-6(8)3-9-2;;/h3-4H2,1-2H3;2*1H4. The molecule has 0 aromatic rings. The average Bonchev–Trinajstić information content (AvgIpc) is 1.85. The van der Waals surface area contributed by atoms with Gasteiger partial charge in [0.05, 0.1) is 0 Å². The van der Waals surface area contributed by atoms with Crippen molar-refractivity contribution in [1.29, 1.82) is 0 Å². The van der Waals surface area contributed by atoms with Gasteiger partial charge in [-0.3, -0.25) is 9.59 Å². The molecule has 0 saturated carbocycles. The van der Waals surface area contributed by atoms with Gasteiger partial charge in [-0.2, -0.15) is 0 Å². The van der Waals surface area contributed by atoms with Crippen molar-refractivity contribution >= 4 is 11.8 Å². The Kier molecular flexibility index (Phi) is 14.5. The summed E-state index contributed by atoms with van der Waals surface area (Å²) in [5.41, 5.74) is 0. The molecule has 0 fully saturated rings. The molecular weight excluding hydrogens is 160 g/mol.